The molecule has 8 nitrogen and oxygen atoms in total. The van der Waals surface area contributed by atoms with Gasteiger partial charge in [-0.05, 0) is 37.1 Å². The van der Waals surface area contributed by atoms with Gasteiger partial charge in [-0.3, -0.25) is 4.79 Å². The van der Waals surface area contributed by atoms with Gasteiger partial charge in [-0.15, -0.1) is 0 Å². The van der Waals surface area contributed by atoms with Gasteiger partial charge in [0.2, 0.25) is 0 Å². The Hall–Kier alpha value is -2.32. The summed E-state index contributed by atoms with van der Waals surface area (Å²) in [5, 5.41) is 15.0. The molecule has 27 heavy (non-hydrogen) atoms. The summed E-state index contributed by atoms with van der Waals surface area (Å²) in [7, 11) is 0. The van der Waals surface area contributed by atoms with E-state index < -0.39 is 29.7 Å². The van der Waals surface area contributed by atoms with Crippen molar-refractivity contribution in [2.45, 2.75) is 37.3 Å². The number of halogens is 1. The van der Waals surface area contributed by atoms with E-state index in [1.807, 2.05) is 0 Å². The Morgan fingerprint density at radius 2 is 2.22 bits per heavy atom. The second-order valence-corrected chi connectivity index (χ2v) is 7.74. The van der Waals surface area contributed by atoms with Crippen LogP contribution in [0.25, 0.3) is 0 Å². The van der Waals surface area contributed by atoms with E-state index in [0.717, 1.165) is 17.7 Å². The lowest BCUT2D eigenvalue weighted by Gasteiger charge is -2.40. The van der Waals surface area contributed by atoms with Crippen LogP contribution in [0.3, 0.4) is 0 Å². The summed E-state index contributed by atoms with van der Waals surface area (Å²) in [4.78, 5) is 38.0. The zero-order chi connectivity index (χ0) is 19.2. The van der Waals surface area contributed by atoms with Gasteiger partial charge in [0.1, 0.15) is 6.04 Å². The van der Waals surface area contributed by atoms with Gasteiger partial charge >= 0.3 is 12.2 Å². The predicted molar refractivity (Wildman–Crippen MR) is 96.9 cm³/mol. The Balaban J connectivity index is 1.71. The van der Waals surface area contributed by atoms with Crippen molar-refractivity contribution >= 4 is 35.4 Å². The molecule has 1 saturated carbocycles. The minimum Gasteiger partial charge on any atom is -0.465 e. The third-order valence-electron chi connectivity index (χ3n) is 5.35. The van der Waals surface area contributed by atoms with Gasteiger partial charge in [0, 0.05) is 23.6 Å². The molecule has 144 valence electrons. The Morgan fingerprint density at radius 1 is 1.44 bits per heavy atom. The zero-order valence-corrected chi connectivity index (χ0v) is 15.3. The number of imide groups is 1. The maximum absolute atomic E-state index is 13.1. The lowest BCUT2D eigenvalue weighted by Crippen LogP contribution is -2.55. The Morgan fingerprint density at radius 3 is 2.85 bits per heavy atom. The number of rotatable bonds is 4. The number of benzene rings is 1. The zero-order valence-electron chi connectivity index (χ0n) is 14.5. The van der Waals surface area contributed by atoms with Crippen molar-refractivity contribution in [3.8, 4) is 0 Å². The van der Waals surface area contributed by atoms with Crippen molar-refractivity contribution in [3.63, 3.8) is 0 Å². The third-order valence-corrected chi connectivity index (χ3v) is 5.59. The normalized spacial score (nSPS) is 25.1. The molecule has 1 unspecified atom stereocenters. The molecule has 1 spiro atoms. The number of ether oxygens (including phenoxy) is 1. The quantitative estimate of drug-likeness (QED) is 0.725. The molecule has 4 rings (SSSR count). The van der Waals surface area contributed by atoms with Crippen molar-refractivity contribution in [2.24, 2.45) is 5.92 Å². The number of hydrogen-bond acceptors (Lipinski definition) is 5. The summed E-state index contributed by atoms with van der Waals surface area (Å²) in [6.45, 7) is 1.12. The van der Waals surface area contributed by atoms with Crippen LogP contribution in [0.2, 0.25) is 5.02 Å². The van der Waals surface area contributed by atoms with Crippen LogP contribution >= 0.6 is 11.6 Å². The molecule has 2 aliphatic heterocycles. The second kappa shape index (κ2) is 6.69. The topological polar surface area (TPSA) is 108 Å². The summed E-state index contributed by atoms with van der Waals surface area (Å²) in [6.07, 6.45) is 0.767. The van der Waals surface area contributed by atoms with E-state index in [2.05, 4.69) is 10.6 Å². The number of carbonyl (C=O) groups excluding carboxylic acids is 2. The molecule has 1 aromatic carbocycles. The lowest BCUT2D eigenvalue weighted by molar-refractivity contribution is -0.121. The van der Waals surface area contributed by atoms with Crippen LogP contribution in [-0.4, -0.2) is 42.3 Å². The second-order valence-electron chi connectivity index (χ2n) is 7.31. The van der Waals surface area contributed by atoms with Gasteiger partial charge < -0.3 is 20.5 Å². The molecule has 2 atom stereocenters. The van der Waals surface area contributed by atoms with Gasteiger partial charge in [0.15, 0.2) is 5.60 Å². The molecule has 1 saturated heterocycles. The fourth-order valence-electron chi connectivity index (χ4n) is 3.84. The molecule has 0 radical (unpaired) electrons. The van der Waals surface area contributed by atoms with Crippen LogP contribution < -0.4 is 15.5 Å². The third kappa shape index (κ3) is 3.35. The first-order chi connectivity index (χ1) is 12.9. The molecular formula is C18H20ClN3O5. The smallest absolute Gasteiger partial charge is 0.422 e. The molecule has 1 aliphatic carbocycles. The lowest BCUT2D eigenvalue weighted by atomic mass is 9.89. The van der Waals surface area contributed by atoms with Gasteiger partial charge in [-0.1, -0.05) is 24.4 Å². The number of nitrogens with zero attached hydrogens (tertiary/aromatic N) is 1. The summed E-state index contributed by atoms with van der Waals surface area (Å²) < 4.78 is 5.70. The number of anilines is 1. The fourth-order valence-corrected chi connectivity index (χ4v) is 4.01. The van der Waals surface area contributed by atoms with E-state index in [1.165, 1.54) is 0 Å². The van der Waals surface area contributed by atoms with Crippen LogP contribution in [-0.2, 0) is 15.1 Å². The average Bonchev–Trinajstić information content (AvgIpc) is 3.31. The van der Waals surface area contributed by atoms with E-state index in [0.29, 0.717) is 48.1 Å². The summed E-state index contributed by atoms with van der Waals surface area (Å²) >= 11 is 6.16. The van der Waals surface area contributed by atoms with Crippen molar-refractivity contribution < 1.29 is 24.2 Å². The molecule has 3 amide bonds. The minimum atomic E-state index is -1.30. The van der Waals surface area contributed by atoms with Crippen molar-refractivity contribution in [1.29, 1.82) is 0 Å². The van der Waals surface area contributed by atoms with E-state index in [1.54, 1.807) is 18.2 Å². The van der Waals surface area contributed by atoms with Gasteiger partial charge in [-0.25, -0.2) is 14.5 Å². The van der Waals surface area contributed by atoms with Crippen molar-refractivity contribution in [2.75, 3.05) is 18.0 Å². The largest absolute Gasteiger partial charge is 0.465 e. The summed E-state index contributed by atoms with van der Waals surface area (Å²) in [6, 6.07) is 3.93. The Bertz CT molecular complexity index is 804. The van der Waals surface area contributed by atoms with E-state index in [9.17, 15) is 14.4 Å². The van der Waals surface area contributed by atoms with Gasteiger partial charge in [0.25, 0.3) is 5.91 Å². The SMILES string of the molecule is O=C(O)N[C@@H](CC1CC1)C(=O)N1C(=O)OC2(CCNC2)c2cc(Cl)ccc21. The maximum atomic E-state index is 13.1. The highest BCUT2D eigenvalue weighted by atomic mass is 35.5. The monoisotopic (exact) mass is 393 g/mol. The van der Waals surface area contributed by atoms with E-state index >= 15 is 0 Å². The minimum absolute atomic E-state index is 0.293. The van der Waals surface area contributed by atoms with Gasteiger partial charge in [0.05, 0.1) is 5.69 Å². The van der Waals surface area contributed by atoms with Crippen LogP contribution in [0, 0.1) is 5.92 Å². The molecule has 3 N–H and O–H groups in total. The van der Waals surface area contributed by atoms with E-state index in [-0.39, 0.29) is 0 Å². The number of fused-ring (bicyclic) bond motifs is 2. The fraction of sp³-hybridized carbons (Fsp3) is 0.500. The average molecular weight is 394 g/mol. The van der Waals surface area contributed by atoms with Crippen LogP contribution in [0.5, 0.6) is 0 Å². The summed E-state index contributed by atoms with van der Waals surface area (Å²) in [5.41, 5.74) is 0.200. The number of carbonyl (C=O) groups is 3. The highest BCUT2D eigenvalue weighted by Crippen LogP contribution is 2.44. The first-order valence-electron chi connectivity index (χ1n) is 8.97. The standard InChI is InChI=1S/C18H20ClN3O5/c19-11-3-4-14-12(8-11)18(5-6-20-9-18)27-17(26)22(14)15(23)13(21-16(24)25)7-10-1-2-10/h3-4,8,10,13,20-21H,1-2,5-7,9H2,(H,24,25)/t13-,18?/m0/s1. The first-order valence-corrected chi connectivity index (χ1v) is 9.34. The van der Waals surface area contributed by atoms with E-state index in [4.69, 9.17) is 21.4 Å². The summed E-state index contributed by atoms with van der Waals surface area (Å²) in [5.74, 6) is -0.333. The molecule has 1 aromatic rings. The number of nitrogens with one attached hydrogen (secondary N) is 2. The Kier molecular flexibility index (Phi) is 4.47. The molecule has 2 heterocycles. The van der Waals surface area contributed by atoms with Crippen molar-refractivity contribution in [3.05, 3.63) is 28.8 Å². The maximum Gasteiger partial charge on any atom is 0.422 e. The molecule has 3 aliphatic rings. The highest BCUT2D eigenvalue weighted by Gasteiger charge is 2.50. The number of carboxylic acid groups (broad SMARTS) is 1. The van der Waals surface area contributed by atoms with Crippen LogP contribution in [0.1, 0.15) is 31.2 Å². The first kappa shape index (κ1) is 18.1. The molecule has 0 aromatic heterocycles. The molecule has 0 bridgehead atoms. The van der Waals surface area contributed by atoms with Crippen LogP contribution in [0.15, 0.2) is 18.2 Å². The van der Waals surface area contributed by atoms with Crippen LogP contribution in [0.4, 0.5) is 15.3 Å². The number of amides is 3. The molecular weight excluding hydrogens is 374 g/mol. The Labute approximate surface area is 160 Å². The molecule has 2 fully saturated rings. The predicted octanol–water partition coefficient (Wildman–Crippen LogP) is 2.45. The highest BCUT2D eigenvalue weighted by molar-refractivity contribution is 6.31. The van der Waals surface area contributed by atoms with Crippen molar-refractivity contribution in [1.82, 2.24) is 10.6 Å². The molecule has 9 heteroatoms. The number of hydrogen-bond donors (Lipinski definition) is 3. The van der Waals surface area contributed by atoms with Gasteiger partial charge in [-0.2, -0.15) is 0 Å².